The van der Waals surface area contributed by atoms with Crippen LogP contribution in [-0.2, 0) is 19.1 Å². The molecule has 4 heteroatoms. The van der Waals surface area contributed by atoms with Crippen LogP contribution in [0.25, 0.3) is 0 Å². The van der Waals surface area contributed by atoms with E-state index >= 15 is 0 Å². The number of carbonyl (C=O) groups is 2. The van der Waals surface area contributed by atoms with Gasteiger partial charge in [0, 0.05) is 6.42 Å². The second kappa shape index (κ2) is 25.6. The fourth-order valence-electron chi connectivity index (χ4n) is 4.63. The highest BCUT2D eigenvalue weighted by Gasteiger charge is 2.17. The molecule has 0 N–H and O–H groups in total. The Bertz CT molecular complexity index is 500. The van der Waals surface area contributed by atoms with E-state index in [9.17, 15) is 9.59 Å². The van der Waals surface area contributed by atoms with Gasteiger partial charge in [-0.1, -0.05) is 112 Å². The van der Waals surface area contributed by atoms with E-state index in [4.69, 9.17) is 9.47 Å². The van der Waals surface area contributed by atoms with Gasteiger partial charge >= 0.3 is 11.9 Å². The van der Waals surface area contributed by atoms with Crippen molar-refractivity contribution in [3.05, 3.63) is 0 Å². The first kappa shape index (κ1) is 34.9. The van der Waals surface area contributed by atoms with Gasteiger partial charge in [0.15, 0.2) is 0 Å². The minimum Gasteiger partial charge on any atom is -0.466 e. The SMILES string of the molecule is CCC(CCCCCCCCCCCCCCCC(=O)OCCCC(C)C)C(=O)OCCCC(C)C. The molecule has 4 nitrogen and oxygen atoms in total. The fourth-order valence-corrected chi connectivity index (χ4v) is 4.63. The zero-order valence-electron chi connectivity index (χ0n) is 24.9. The van der Waals surface area contributed by atoms with Crippen molar-refractivity contribution in [3.8, 4) is 0 Å². The molecule has 0 aliphatic heterocycles. The zero-order chi connectivity index (χ0) is 26.9. The molecule has 0 saturated carbocycles. The third-order valence-corrected chi connectivity index (χ3v) is 7.12. The topological polar surface area (TPSA) is 52.6 Å². The Hall–Kier alpha value is -1.06. The fraction of sp³-hybridized carbons (Fsp3) is 0.938. The Balaban J connectivity index is 3.39. The number of rotatable bonds is 26. The summed E-state index contributed by atoms with van der Waals surface area (Å²) in [4.78, 5) is 23.9. The van der Waals surface area contributed by atoms with Gasteiger partial charge in [0.05, 0.1) is 19.1 Å². The van der Waals surface area contributed by atoms with E-state index in [1.807, 2.05) is 0 Å². The predicted octanol–water partition coefficient (Wildman–Crippen LogP) is 9.82. The van der Waals surface area contributed by atoms with E-state index in [1.165, 1.54) is 64.2 Å². The average molecular weight is 511 g/mol. The van der Waals surface area contributed by atoms with Crippen molar-refractivity contribution in [2.75, 3.05) is 13.2 Å². The summed E-state index contributed by atoms with van der Waals surface area (Å²) in [5.41, 5.74) is 0. The van der Waals surface area contributed by atoms with Gasteiger partial charge in [-0.25, -0.2) is 0 Å². The van der Waals surface area contributed by atoms with Gasteiger partial charge in [-0.3, -0.25) is 9.59 Å². The van der Waals surface area contributed by atoms with Crippen molar-refractivity contribution in [3.63, 3.8) is 0 Å². The van der Waals surface area contributed by atoms with E-state index in [0.717, 1.165) is 57.8 Å². The summed E-state index contributed by atoms with van der Waals surface area (Å²) in [6.07, 6.45) is 23.1. The van der Waals surface area contributed by atoms with E-state index in [2.05, 4.69) is 34.6 Å². The first-order valence-corrected chi connectivity index (χ1v) is 15.7. The second-order valence-corrected chi connectivity index (χ2v) is 11.7. The highest BCUT2D eigenvalue weighted by Crippen LogP contribution is 2.18. The van der Waals surface area contributed by atoms with Gasteiger partial charge < -0.3 is 9.47 Å². The van der Waals surface area contributed by atoms with Gasteiger partial charge in [-0.15, -0.1) is 0 Å². The summed E-state index contributed by atoms with van der Waals surface area (Å²) in [6.45, 7) is 12.1. The minimum absolute atomic E-state index is 0.0148. The standard InChI is InChI=1S/C32H62O4/c1-6-30(32(34)36-27-21-23-29(4)5)24-18-16-14-12-10-8-7-9-11-13-15-17-19-25-31(33)35-26-20-22-28(2)3/h28-30H,6-27H2,1-5H3. The maximum atomic E-state index is 12.2. The molecule has 0 radical (unpaired) electrons. The molecule has 1 unspecified atom stereocenters. The summed E-state index contributed by atoms with van der Waals surface area (Å²) in [5.74, 6) is 1.46. The number of unbranched alkanes of at least 4 members (excludes halogenated alkanes) is 12. The summed E-state index contributed by atoms with van der Waals surface area (Å²) < 4.78 is 10.8. The largest absolute Gasteiger partial charge is 0.466 e. The Labute approximate surface area is 225 Å². The van der Waals surface area contributed by atoms with Gasteiger partial charge in [-0.05, 0) is 56.8 Å². The van der Waals surface area contributed by atoms with Crippen LogP contribution < -0.4 is 0 Å². The molecule has 1 atom stereocenters. The van der Waals surface area contributed by atoms with Crippen molar-refractivity contribution in [1.82, 2.24) is 0 Å². The molecule has 0 amide bonds. The molecule has 36 heavy (non-hydrogen) atoms. The van der Waals surface area contributed by atoms with Crippen LogP contribution in [-0.4, -0.2) is 25.2 Å². The first-order valence-electron chi connectivity index (χ1n) is 15.7. The maximum absolute atomic E-state index is 12.2. The van der Waals surface area contributed by atoms with Crippen LogP contribution >= 0.6 is 0 Å². The van der Waals surface area contributed by atoms with Crippen molar-refractivity contribution >= 4 is 11.9 Å². The lowest BCUT2D eigenvalue weighted by Crippen LogP contribution is -2.18. The smallest absolute Gasteiger partial charge is 0.308 e. The Morgan fingerprint density at radius 2 is 0.944 bits per heavy atom. The highest BCUT2D eigenvalue weighted by atomic mass is 16.5. The lowest BCUT2D eigenvalue weighted by molar-refractivity contribution is -0.149. The molecule has 0 saturated heterocycles. The first-order chi connectivity index (χ1) is 17.4. The lowest BCUT2D eigenvalue weighted by Gasteiger charge is -2.14. The molecule has 0 heterocycles. The Morgan fingerprint density at radius 3 is 1.39 bits per heavy atom. The summed E-state index contributed by atoms with van der Waals surface area (Å²) in [6, 6.07) is 0. The monoisotopic (exact) mass is 510 g/mol. The van der Waals surface area contributed by atoms with Crippen LogP contribution in [0.1, 0.15) is 163 Å². The van der Waals surface area contributed by atoms with Crippen molar-refractivity contribution in [2.24, 2.45) is 17.8 Å². The molecule has 0 aromatic heterocycles. The second-order valence-electron chi connectivity index (χ2n) is 11.7. The third kappa shape index (κ3) is 24.6. The molecule has 0 aliphatic carbocycles. The number of hydrogen-bond acceptors (Lipinski definition) is 4. The normalized spacial score (nSPS) is 12.3. The van der Waals surface area contributed by atoms with Gasteiger partial charge in [0.2, 0.25) is 0 Å². The van der Waals surface area contributed by atoms with Crippen molar-refractivity contribution < 1.29 is 19.1 Å². The molecule has 0 rings (SSSR count). The highest BCUT2D eigenvalue weighted by molar-refractivity contribution is 5.72. The third-order valence-electron chi connectivity index (χ3n) is 7.12. The van der Waals surface area contributed by atoms with Crippen molar-refractivity contribution in [1.29, 1.82) is 0 Å². The predicted molar refractivity (Wildman–Crippen MR) is 153 cm³/mol. The molecule has 0 bridgehead atoms. The molecular weight excluding hydrogens is 448 g/mol. The molecule has 0 spiro atoms. The van der Waals surface area contributed by atoms with Crippen LogP contribution in [0.2, 0.25) is 0 Å². The molecule has 0 fully saturated rings. The molecular formula is C32H62O4. The van der Waals surface area contributed by atoms with E-state index in [1.54, 1.807) is 0 Å². The summed E-state index contributed by atoms with van der Waals surface area (Å²) in [5, 5.41) is 0. The average Bonchev–Trinajstić information content (AvgIpc) is 2.84. The quantitative estimate of drug-likeness (QED) is 0.0858. The molecule has 0 aromatic rings. The lowest BCUT2D eigenvalue weighted by atomic mass is 9.97. The van der Waals surface area contributed by atoms with Crippen LogP contribution in [0, 0.1) is 17.8 Å². The van der Waals surface area contributed by atoms with Crippen LogP contribution in [0.3, 0.4) is 0 Å². The Kier molecular flexibility index (Phi) is 24.8. The van der Waals surface area contributed by atoms with Gasteiger partial charge in [0.25, 0.3) is 0 Å². The number of carbonyl (C=O) groups excluding carboxylic acids is 2. The summed E-state index contributed by atoms with van der Waals surface area (Å²) >= 11 is 0. The number of hydrogen-bond donors (Lipinski definition) is 0. The molecule has 0 aromatic carbocycles. The van der Waals surface area contributed by atoms with Gasteiger partial charge in [0.1, 0.15) is 0 Å². The van der Waals surface area contributed by atoms with Crippen molar-refractivity contribution in [2.45, 2.75) is 163 Å². The van der Waals surface area contributed by atoms with Crippen LogP contribution in [0.5, 0.6) is 0 Å². The molecule has 0 aliphatic rings. The van der Waals surface area contributed by atoms with E-state index in [0.29, 0.717) is 31.5 Å². The maximum Gasteiger partial charge on any atom is 0.308 e. The van der Waals surface area contributed by atoms with Crippen LogP contribution in [0.4, 0.5) is 0 Å². The number of ether oxygens (including phenoxy) is 2. The minimum atomic E-state index is -0.0148. The summed E-state index contributed by atoms with van der Waals surface area (Å²) in [7, 11) is 0. The number of esters is 2. The van der Waals surface area contributed by atoms with E-state index < -0.39 is 0 Å². The van der Waals surface area contributed by atoms with Gasteiger partial charge in [-0.2, -0.15) is 0 Å². The molecule has 214 valence electrons. The van der Waals surface area contributed by atoms with E-state index in [-0.39, 0.29) is 17.9 Å². The zero-order valence-corrected chi connectivity index (χ0v) is 24.9. The van der Waals surface area contributed by atoms with Crippen LogP contribution in [0.15, 0.2) is 0 Å². The Morgan fingerprint density at radius 1 is 0.528 bits per heavy atom.